The average Bonchev–Trinajstić information content (AvgIpc) is 3.10. The van der Waals surface area contributed by atoms with Gasteiger partial charge in [-0.1, -0.05) is 51.1 Å². The molecular formula is C26H32N2O2S. The Bertz CT molecular complexity index is 959. The van der Waals surface area contributed by atoms with Crippen molar-refractivity contribution in [3.63, 3.8) is 0 Å². The van der Waals surface area contributed by atoms with Crippen LogP contribution in [0.3, 0.4) is 0 Å². The van der Waals surface area contributed by atoms with Crippen molar-refractivity contribution in [2.45, 2.75) is 40.0 Å². The SMILES string of the molecule is C=CCN(CC=C)C(=O)c1c(NC(=O)c2ccccc2)sc2c1CC[C@@H](C(C)(C)C)C2. The van der Waals surface area contributed by atoms with Crippen LogP contribution < -0.4 is 5.32 Å². The number of thiophene rings is 1. The highest BCUT2D eigenvalue weighted by atomic mass is 32.1. The first kappa shape index (κ1) is 23.0. The number of nitrogens with zero attached hydrogens (tertiary/aromatic N) is 1. The molecule has 31 heavy (non-hydrogen) atoms. The van der Waals surface area contributed by atoms with E-state index in [9.17, 15) is 9.59 Å². The maximum Gasteiger partial charge on any atom is 0.257 e. The summed E-state index contributed by atoms with van der Waals surface area (Å²) in [5, 5.41) is 3.69. The lowest BCUT2D eigenvalue weighted by molar-refractivity contribution is 0.0790. The quantitative estimate of drug-likeness (QED) is 0.544. The molecule has 2 aromatic rings. The van der Waals surface area contributed by atoms with Gasteiger partial charge in [-0.2, -0.15) is 0 Å². The largest absolute Gasteiger partial charge is 0.331 e. The molecule has 0 aliphatic heterocycles. The van der Waals surface area contributed by atoms with Gasteiger partial charge in [-0.05, 0) is 48.3 Å². The predicted octanol–water partition coefficient (Wildman–Crippen LogP) is 5.97. The highest BCUT2D eigenvalue weighted by Gasteiger charge is 2.35. The van der Waals surface area contributed by atoms with Crippen LogP contribution in [0.1, 0.15) is 58.3 Å². The Labute approximate surface area is 189 Å². The van der Waals surface area contributed by atoms with Crippen LogP contribution in [0, 0.1) is 11.3 Å². The minimum absolute atomic E-state index is 0.0742. The molecule has 2 amide bonds. The van der Waals surface area contributed by atoms with Gasteiger partial charge in [0.15, 0.2) is 0 Å². The van der Waals surface area contributed by atoms with Gasteiger partial charge in [0.05, 0.1) is 5.56 Å². The van der Waals surface area contributed by atoms with E-state index in [0.717, 1.165) is 24.8 Å². The van der Waals surface area contributed by atoms with Gasteiger partial charge in [0.25, 0.3) is 11.8 Å². The third-order valence-electron chi connectivity index (χ3n) is 5.95. The zero-order valence-corrected chi connectivity index (χ0v) is 19.6. The Balaban J connectivity index is 2.01. The van der Waals surface area contributed by atoms with Crippen LogP contribution in [-0.4, -0.2) is 29.8 Å². The second-order valence-electron chi connectivity index (χ2n) is 9.12. The summed E-state index contributed by atoms with van der Waals surface area (Å²) < 4.78 is 0. The van der Waals surface area contributed by atoms with Crippen LogP contribution in [-0.2, 0) is 12.8 Å². The maximum atomic E-state index is 13.6. The molecule has 1 heterocycles. The van der Waals surface area contributed by atoms with E-state index in [4.69, 9.17) is 0 Å². The van der Waals surface area contributed by atoms with E-state index in [1.807, 2.05) is 18.2 Å². The average molecular weight is 437 g/mol. The van der Waals surface area contributed by atoms with Crippen LogP contribution >= 0.6 is 11.3 Å². The van der Waals surface area contributed by atoms with Gasteiger partial charge >= 0.3 is 0 Å². The Morgan fingerprint density at radius 1 is 1.16 bits per heavy atom. The molecule has 1 aliphatic rings. The highest BCUT2D eigenvalue weighted by Crippen LogP contribution is 2.44. The molecule has 1 aromatic heterocycles. The molecular weight excluding hydrogens is 404 g/mol. The lowest BCUT2D eigenvalue weighted by atomic mass is 9.72. The van der Waals surface area contributed by atoms with Crippen LogP contribution in [0.2, 0.25) is 0 Å². The first-order chi connectivity index (χ1) is 14.8. The van der Waals surface area contributed by atoms with Gasteiger partial charge in [0.2, 0.25) is 0 Å². The van der Waals surface area contributed by atoms with Crippen molar-refractivity contribution >= 4 is 28.2 Å². The summed E-state index contributed by atoms with van der Waals surface area (Å²) in [6.07, 6.45) is 6.28. The summed E-state index contributed by atoms with van der Waals surface area (Å²) in [5.74, 6) is 0.284. The number of hydrogen-bond acceptors (Lipinski definition) is 3. The van der Waals surface area contributed by atoms with Crippen molar-refractivity contribution in [2.75, 3.05) is 18.4 Å². The van der Waals surface area contributed by atoms with Crippen LogP contribution in [0.25, 0.3) is 0 Å². The summed E-state index contributed by atoms with van der Waals surface area (Å²) in [6, 6.07) is 9.11. The summed E-state index contributed by atoms with van der Waals surface area (Å²) in [7, 11) is 0. The van der Waals surface area contributed by atoms with Gasteiger partial charge in [-0.15, -0.1) is 24.5 Å². The van der Waals surface area contributed by atoms with Gasteiger partial charge < -0.3 is 10.2 Å². The van der Waals surface area contributed by atoms with Crippen molar-refractivity contribution in [3.05, 3.63) is 77.2 Å². The Kier molecular flexibility index (Phi) is 7.16. The molecule has 1 atom stereocenters. The molecule has 0 saturated carbocycles. The molecule has 3 rings (SSSR count). The zero-order chi connectivity index (χ0) is 22.6. The number of fused-ring (bicyclic) bond motifs is 1. The van der Waals surface area contributed by atoms with Crippen molar-refractivity contribution in [1.29, 1.82) is 0 Å². The summed E-state index contributed by atoms with van der Waals surface area (Å²) in [6.45, 7) is 15.3. The molecule has 0 bridgehead atoms. The maximum absolute atomic E-state index is 13.6. The van der Waals surface area contributed by atoms with E-state index in [-0.39, 0.29) is 17.2 Å². The monoisotopic (exact) mass is 436 g/mol. The Morgan fingerprint density at radius 2 is 1.81 bits per heavy atom. The van der Waals surface area contributed by atoms with E-state index in [1.165, 1.54) is 4.88 Å². The van der Waals surface area contributed by atoms with Crippen molar-refractivity contribution in [3.8, 4) is 0 Å². The van der Waals surface area contributed by atoms with Crippen molar-refractivity contribution in [2.24, 2.45) is 11.3 Å². The fourth-order valence-electron chi connectivity index (χ4n) is 4.11. The second kappa shape index (κ2) is 9.65. The number of carbonyl (C=O) groups excluding carboxylic acids is 2. The number of benzene rings is 1. The molecule has 0 saturated heterocycles. The molecule has 0 spiro atoms. The lowest BCUT2D eigenvalue weighted by Crippen LogP contribution is -2.33. The molecule has 164 valence electrons. The fourth-order valence-corrected chi connectivity index (χ4v) is 5.43. The molecule has 0 unspecified atom stereocenters. The van der Waals surface area contributed by atoms with Crippen molar-refractivity contribution < 1.29 is 9.59 Å². The summed E-state index contributed by atoms with van der Waals surface area (Å²) in [4.78, 5) is 29.4. The normalized spacial score (nSPS) is 15.6. The van der Waals surface area contributed by atoms with E-state index < -0.39 is 0 Å². The Morgan fingerprint density at radius 3 is 2.39 bits per heavy atom. The third-order valence-corrected chi connectivity index (χ3v) is 7.12. The van der Waals surface area contributed by atoms with E-state index >= 15 is 0 Å². The van der Waals surface area contributed by atoms with Gasteiger partial charge in [-0.25, -0.2) is 0 Å². The van der Waals surface area contributed by atoms with E-state index in [2.05, 4.69) is 39.2 Å². The van der Waals surface area contributed by atoms with Gasteiger partial charge in [0, 0.05) is 23.5 Å². The molecule has 1 N–H and O–H groups in total. The summed E-state index contributed by atoms with van der Waals surface area (Å²) in [5.41, 5.74) is 2.52. The van der Waals surface area contributed by atoms with Gasteiger partial charge in [-0.3, -0.25) is 9.59 Å². The van der Waals surface area contributed by atoms with Crippen LogP contribution in [0.4, 0.5) is 5.00 Å². The lowest BCUT2D eigenvalue weighted by Gasteiger charge is -2.34. The van der Waals surface area contributed by atoms with Crippen molar-refractivity contribution in [1.82, 2.24) is 4.90 Å². The molecule has 0 radical (unpaired) electrons. The minimum Gasteiger partial charge on any atom is -0.331 e. The molecule has 4 nitrogen and oxygen atoms in total. The fraction of sp³-hybridized carbons (Fsp3) is 0.385. The molecule has 1 aliphatic carbocycles. The molecule has 0 fully saturated rings. The standard InChI is InChI=1S/C26H32N2O2S/c1-6-15-28(16-7-2)25(30)22-20-14-13-19(26(3,4)5)17-21(20)31-24(22)27-23(29)18-11-9-8-10-12-18/h6-12,19H,1-2,13-17H2,3-5H3,(H,27,29)/t19-/m1/s1. The van der Waals surface area contributed by atoms with E-state index in [1.54, 1.807) is 40.5 Å². The first-order valence-electron chi connectivity index (χ1n) is 10.8. The van der Waals surface area contributed by atoms with Gasteiger partial charge in [0.1, 0.15) is 5.00 Å². The minimum atomic E-state index is -0.195. The van der Waals surface area contributed by atoms with Crippen LogP contribution in [0.15, 0.2) is 55.6 Å². The summed E-state index contributed by atoms with van der Waals surface area (Å²) >= 11 is 1.56. The zero-order valence-electron chi connectivity index (χ0n) is 18.7. The number of anilines is 1. The second-order valence-corrected chi connectivity index (χ2v) is 10.2. The first-order valence-corrected chi connectivity index (χ1v) is 11.6. The number of hydrogen-bond donors (Lipinski definition) is 1. The smallest absolute Gasteiger partial charge is 0.257 e. The number of nitrogens with one attached hydrogen (secondary N) is 1. The highest BCUT2D eigenvalue weighted by molar-refractivity contribution is 7.17. The molecule has 5 heteroatoms. The predicted molar refractivity (Wildman–Crippen MR) is 130 cm³/mol. The number of carbonyl (C=O) groups is 2. The third kappa shape index (κ3) is 5.16. The number of amides is 2. The topological polar surface area (TPSA) is 49.4 Å². The molecule has 1 aromatic carbocycles. The number of rotatable bonds is 7. The Hall–Kier alpha value is -2.66. The van der Waals surface area contributed by atoms with E-state index in [0.29, 0.717) is 35.1 Å². The van der Waals surface area contributed by atoms with Crippen LogP contribution in [0.5, 0.6) is 0 Å².